The summed E-state index contributed by atoms with van der Waals surface area (Å²) in [4.78, 5) is 15.6. The van der Waals surface area contributed by atoms with Gasteiger partial charge in [0.15, 0.2) is 0 Å². The van der Waals surface area contributed by atoms with Crippen LogP contribution in [0.25, 0.3) is 10.9 Å². The molecule has 0 radical (unpaired) electrons. The third-order valence-electron chi connectivity index (χ3n) is 2.64. The molecule has 82 valence electrons. The molecule has 16 heavy (non-hydrogen) atoms. The van der Waals surface area contributed by atoms with E-state index in [1.54, 1.807) is 12.3 Å². The number of benzene rings is 1. The van der Waals surface area contributed by atoms with Gasteiger partial charge in [0, 0.05) is 11.6 Å². The zero-order chi connectivity index (χ0) is 11.7. The summed E-state index contributed by atoms with van der Waals surface area (Å²) < 4.78 is 0. The number of rotatable bonds is 2. The molecule has 1 N–H and O–H groups in total. The summed E-state index contributed by atoms with van der Waals surface area (Å²) in [6.45, 7) is 3.94. The van der Waals surface area contributed by atoms with Crippen molar-refractivity contribution >= 4 is 16.9 Å². The van der Waals surface area contributed by atoms with E-state index in [0.29, 0.717) is 10.9 Å². The molecule has 0 aliphatic rings. The van der Waals surface area contributed by atoms with Gasteiger partial charge in [-0.2, -0.15) is 0 Å². The Labute approximate surface area is 93.7 Å². The number of para-hydroxylation sites is 1. The number of hydrogen-bond acceptors (Lipinski definition) is 2. The Morgan fingerprint density at radius 3 is 2.62 bits per heavy atom. The first kappa shape index (κ1) is 10.6. The van der Waals surface area contributed by atoms with Crippen LogP contribution in [0.3, 0.4) is 0 Å². The van der Waals surface area contributed by atoms with Crippen LogP contribution < -0.4 is 0 Å². The smallest absolute Gasteiger partial charge is 0.336 e. The quantitative estimate of drug-likeness (QED) is 0.837. The third-order valence-corrected chi connectivity index (χ3v) is 2.64. The van der Waals surface area contributed by atoms with Crippen molar-refractivity contribution < 1.29 is 9.90 Å². The summed E-state index contributed by atoms with van der Waals surface area (Å²) in [5.74, 6) is -0.731. The molecule has 0 amide bonds. The highest BCUT2D eigenvalue weighted by atomic mass is 16.4. The van der Waals surface area contributed by atoms with Gasteiger partial charge in [0.05, 0.1) is 11.1 Å². The summed E-state index contributed by atoms with van der Waals surface area (Å²) in [5, 5.41) is 9.99. The van der Waals surface area contributed by atoms with Crippen LogP contribution in [0.1, 0.15) is 35.7 Å². The molecule has 1 heterocycles. The maximum Gasteiger partial charge on any atom is 0.336 e. The Balaban J connectivity index is 2.84. The second-order valence-corrected chi connectivity index (χ2v) is 4.07. The molecule has 0 aliphatic carbocycles. The average molecular weight is 215 g/mol. The number of aromatic carboxylic acids is 1. The highest BCUT2D eigenvalue weighted by Crippen LogP contribution is 2.25. The first-order valence-electron chi connectivity index (χ1n) is 5.22. The largest absolute Gasteiger partial charge is 0.478 e. The van der Waals surface area contributed by atoms with E-state index in [0.717, 1.165) is 11.1 Å². The van der Waals surface area contributed by atoms with Gasteiger partial charge in [-0.05, 0) is 17.5 Å². The molecule has 3 nitrogen and oxygen atoms in total. The molecule has 2 aromatic rings. The van der Waals surface area contributed by atoms with E-state index in [4.69, 9.17) is 0 Å². The van der Waals surface area contributed by atoms with Crippen LogP contribution in [0.5, 0.6) is 0 Å². The minimum absolute atomic E-state index is 0.156. The number of carboxylic acids is 1. The highest BCUT2D eigenvalue weighted by Gasteiger charge is 2.16. The summed E-state index contributed by atoms with van der Waals surface area (Å²) in [7, 11) is 0. The fourth-order valence-electron chi connectivity index (χ4n) is 1.83. The van der Waals surface area contributed by atoms with E-state index in [9.17, 15) is 9.90 Å². The van der Waals surface area contributed by atoms with E-state index >= 15 is 0 Å². The normalized spacial score (nSPS) is 10.9. The fraction of sp³-hybridized carbons (Fsp3) is 0.231. The molecule has 0 saturated heterocycles. The van der Waals surface area contributed by atoms with Gasteiger partial charge in [-0.3, -0.25) is 4.98 Å². The van der Waals surface area contributed by atoms with Gasteiger partial charge in [0.1, 0.15) is 0 Å². The molecule has 0 saturated carbocycles. The third kappa shape index (κ3) is 1.65. The molecule has 0 aliphatic heterocycles. The van der Waals surface area contributed by atoms with Gasteiger partial charge in [0.25, 0.3) is 0 Å². The summed E-state index contributed by atoms with van der Waals surface area (Å²) >= 11 is 0. The van der Waals surface area contributed by atoms with Crippen LogP contribution in [-0.2, 0) is 0 Å². The highest BCUT2D eigenvalue weighted by molar-refractivity contribution is 6.03. The fourth-order valence-corrected chi connectivity index (χ4v) is 1.83. The van der Waals surface area contributed by atoms with Crippen molar-refractivity contribution in [1.82, 2.24) is 4.98 Å². The number of pyridine rings is 1. The second kappa shape index (κ2) is 3.93. The van der Waals surface area contributed by atoms with Crippen molar-refractivity contribution in [3.05, 3.63) is 41.6 Å². The summed E-state index contributed by atoms with van der Waals surface area (Å²) in [6.07, 6.45) is 1.66. The maximum atomic E-state index is 11.3. The summed E-state index contributed by atoms with van der Waals surface area (Å²) in [6, 6.07) is 7.32. The first-order chi connectivity index (χ1) is 7.61. The number of carboxylic acid groups (broad SMARTS) is 1. The van der Waals surface area contributed by atoms with Gasteiger partial charge < -0.3 is 5.11 Å². The van der Waals surface area contributed by atoms with Gasteiger partial charge in [-0.1, -0.05) is 32.0 Å². The maximum absolute atomic E-state index is 11.3. The Morgan fingerprint density at radius 2 is 2.00 bits per heavy atom. The molecule has 0 unspecified atom stereocenters. The van der Waals surface area contributed by atoms with Crippen molar-refractivity contribution in [2.24, 2.45) is 0 Å². The first-order valence-corrected chi connectivity index (χ1v) is 5.22. The van der Waals surface area contributed by atoms with E-state index < -0.39 is 5.97 Å². The Morgan fingerprint density at radius 1 is 1.31 bits per heavy atom. The average Bonchev–Trinajstić information content (AvgIpc) is 2.27. The Bertz CT molecular complexity index is 547. The molecule has 2 rings (SSSR count). The number of carbonyl (C=O) groups is 1. The van der Waals surface area contributed by atoms with Crippen molar-refractivity contribution in [3.8, 4) is 0 Å². The molecular formula is C13H13NO2. The standard InChI is InChI=1S/C13H13NO2/c1-8(2)10-7-14-11-6-4-3-5-9(11)12(10)13(15)16/h3-8H,1-2H3,(H,15,16). The Hall–Kier alpha value is -1.90. The van der Waals surface area contributed by atoms with Gasteiger partial charge in [0.2, 0.25) is 0 Å². The number of hydrogen-bond donors (Lipinski definition) is 1. The van der Waals surface area contributed by atoms with Gasteiger partial charge in [-0.25, -0.2) is 4.79 Å². The number of fused-ring (bicyclic) bond motifs is 1. The van der Waals surface area contributed by atoms with Crippen molar-refractivity contribution in [1.29, 1.82) is 0 Å². The van der Waals surface area contributed by atoms with Gasteiger partial charge >= 0.3 is 5.97 Å². The minimum atomic E-state index is -0.887. The van der Waals surface area contributed by atoms with Gasteiger partial charge in [-0.15, -0.1) is 0 Å². The predicted molar refractivity (Wildman–Crippen MR) is 62.8 cm³/mol. The van der Waals surface area contributed by atoms with Crippen LogP contribution in [0.4, 0.5) is 0 Å². The summed E-state index contributed by atoms with van der Waals surface area (Å²) in [5.41, 5.74) is 1.89. The monoisotopic (exact) mass is 215 g/mol. The second-order valence-electron chi connectivity index (χ2n) is 4.07. The lowest BCUT2D eigenvalue weighted by Crippen LogP contribution is -2.06. The lowest BCUT2D eigenvalue weighted by molar-refractivity contribution is 0.0697. The van der Waals surface area contributed by atoms with Crippen LogP contribution in [-0.4, -0.2) is 16.1 Å². The molecule has 0 spiro atoms. The molecule has 0 fully saturated rings. The molecule has 0 bridgehead atoms. The zero-order valence-electron chi connectivity index (χ0n) is 9.27. The van der Waals surface area contributed by atoms with E-state index in [-0.39, 0.29) is 5.92 Å². The van der Waals surface area contributed by atoms with Crippen LogP contribution in [0, 0.1) is 0 Å². The molecule has 0 atom stereocenters. The van der Waals surface area contributed by atoms with Crippen molar-refractivity contribution in [3.63, 3.8) is 0 Å². The van der Waals surface area contributed by atoms with Crippen LogP contribution in [0.2, 0.25) is 0 Å². The molecule has 1 aromatic carbocycles. The topological polar surface area (TPSA) is 50.2 Å². The Kier molecular flexibility index (Phi) is 2.60. The minimum Gasteiger partial charge on any atom is -0.478 e. The zero-order valence-corrected chi connectivity index (χ0v) is 9.27. The van der Waals surface area contributed by atoms with Crippen molar-refractivity contribution in [2.45, 2.75) is 19.8 Å². The van der Waals surface area contributed by atoms with Crippen LogP contribution in [0.15, 0.2) is 30.5 Å². The molecule has 1 aromatic heterocycles. The number of nitrogens with zero attached hydrogens (tertiary/aromatic N) is 1. The van der Waals surface area contributed by atoms with Crippen LogP contribution >= 0.6 is 0 Å². The SMILES string of the molecule is CC(C)c1cnc2ccccc2c1C(=O)O. The lowest BCUT2D eigenvalue weighted by Gasteiger charge is -2.11. The lowest BCUT2D eigenvalue weighted by atomic mass is 9.96. The predicted octanol–water partition coefficient (Wildman–Crippen LogP) is 3.06. The van der Waals surface area contributed by atoms with Crippen molar-refractivity contribution in [2.75, 3.05) is 0 Å². The van der Waals surface area contributed by atoms with E-state index in [2.05, 4.69) is 4.98 Å². The molecular weight excluding hydrogens is 202 g/mol. The van der Waals surface area contributed by atoms with E-state index in [1.807, 2.05) is 32.0 Å². The molecule has 3 heteroatoms. The van der Waals surface area contributed by atoms with E-state index in [1.165, 1.54) is 0 Å². The number of aromatic nitrogens is 1.